The Hall–Kier alpha value is -1.36. The monoisotopic (exact) mass is 170 g/mol. The van der Waals surface area contributed by atoms with Gasteiger partial charge in [-0.3, -0.25) is 0 Å². The molecule has 0 saturated carbocycles. The first-order valence-electron chi connectivity index (χ1n) is 1.82. The van der Waals surface area contributed by atoms with Crippen LogP contribution in [0.25, 0.3) is 0 Å². The molecule has 0 atom stereocenters. The second-order valence-corrected chi connectivity index (χ2v) is 0.506. The molecule has 0 aliphatic rings. The van der Waals surface area contributed by atoms with Crippen molar-refractivity contribution in [2.75, 3.05) is 7.11 Å². The van der Waals surface area contributed by atoms with Crippen LogP contribution in [0.4, 0.5) is 4.79 Å². The van der Waals surface area contributed by atoms with Gasteiger partial charge in [0.25, 0.3) is 0 Å². The van der Waals surface area contributed by atoms with E-state index in [4.69, 9.17) is 25.4 Å². The van der Waals surface area contributed by atoms with Gasteiger partial charge in [0, 0.05) is 14.0 Å². The number of aliphatic hydroxyl groups excluding tert-OH is 1. The first-order valence-corrected chi connectivity index (χ1v) is 1.82. The van der Waals surface area contributed by atoms with Crippen molar-refractivity contribution in [1.29, 1.82) is 5.26 Å². The molecule has 8 N–H and O–H groups in total. The number of hydrogen-bond acceptors (Lipinski definition) is 4. The van der Waals surface area contributed by atoms with E-state index >= 15 is 0 Å². The molecule has 0 heterocycles. The van der Waals surface area contributed by atoms with Crippen LogP contribution < -0.4 is 6.15 Å². The third-order valence-corrected chi connectivity index (χ3v) is 0. The second kappa shape index (κ2) is 72.4. The maximum Gasteiger partial charge on any atom is 0.503 e. The topological polar surface area (TPSA) is 168 Å². The van der Waals surface area contributed by atoms with Crippen molar-refractivity contribution in [2.24, 2.45) is 0 Å². The first-order chi connectivity index (χ1) is 4.15. The third-order valence-electron chi connectivity index (χ3n) is 0. The Morgan fingerprint density at radius 2 is 1.36 bits per heavy atom. The molecule has 0 aromatic heterocycles. The molecule has 7 heteroatoms. The van der Waals surface area contributed by atoms with Crippen molar-refractivity contribution >= 4 is 6.16 Å². The number of nitrogens with zero attached hydrogens (tertiary/aromatic N) is 1. The Morgan fingerprint density at radius 3 is 1.36 bits per heavy atom. The zero-order valence-electron chi connectivity index (χ0n) is 6.40. The highest BCUT2D eigenvalue weighted by Gasteiger charge is 1.70. The molecule has 0 aliphatic carbocycles. The standard InChI is InChI=1S/C2H3N.CH2O3.CH4O.H3N.H2O/c1-2-3;2-1(3)4;1-2;;/h1H3;(H2,2,3,4);2H,1H3;1H3;1H2. The highest BCUT2D eigenvalue weighted by molar-refractivity contribution is 5.53. The average Bonchev–Trinajstić information content (AvgIpc) is 1.71. The van der Waals surface area contributed by atoms with Gasteiger partial charge < -0.3 is 26.9 Å². The number of carbonyl (C=O) groups is 1. The van der Waals surface area contributed by atoms with Gasteiger partial charge in [-0.05, 0) is 0 Å². The van der Waals surface area contributed by atoms with E-state index in [1.165, 1.54) is 6.92 Å². The summed E-state index contributed by atoms with van der Waals surface area (Å²) in [5.74, 6) is 0. The quantitative estimate of drug-likeness (QED) is 0.388. The number of aliphatic hydroxyl groups is 1. The maximum absolute atomic E-state index is 8.56. The van der Waals surface area contributed by atoms with Gasteiger partial charge in [0.05, 0.1) is 6.07 Å². The minimum Gasteiger partial charge on any atom is -0.450 e. The van der Waals surface area contributed by atoms with Crippen LogP contribution in [0.2, 0.25) is 0 Å². The summed E-state index contributed by atoms with van der Waals surface area (Å²) in [5.41, 5.74) is 0. The molecule has 0 amide bonds. The third kappa shape index (κ3) is 206. The molecular formula is C4H14N2O5. The zero-order chi connectivity index (χ0) is 8.28. The number of rotatable bonds is 0. The Morgan fingerprint density at radius 1 is 1.36 bits per heavy atom. The van der Waals surface area contributed by atoms with Crippen LogP contribution in [0.15, 0.2) is 0 Å². The summed E-state index contributed by atoms with van der Waals surface area (Å²) >= 11 is 0. The zero-order valence-corrected chi connectivity index (χ0v) is 6.40. The molecule has 0 spiro atoms. The fourth-order valence-corrected chi connectivity index (χ4v) is 0. The van der Waals surface area contributed by atoms with E-state index in [0.29, 0.717) is 0 Å². The number of nitriles is 1. The Kier molecular flexibility index (Phi) is 220. The molecule has 0 radical (unpaired) electrons. The predicted molar refractivity (Wildman–Crippen MR) is 38.7 cm³/mol. The lowest BCUT2D eigenvalue weighted by Gasteiger charge is -1.60. The van der Waals surface area contributed by atoms with Crippen molar-refractivity contribution in [2.45, 2.75) is 6.92 Å². The second-order valence-electron chi connectivity index (χ2n) is 0.506. The average molecular weight is 170 g/mol. The molecule has 0 aromatic carbocycles. The maximum atomic E-state index is 8.56. The van der Waals surface area contributed by atoms with Gasteiger partial charge in [0.2, 0.25) is 0 Å². The molecule has 0 bridgehead atoms. The van der Waals surface area contributed by atoms with E-state index < -0.39 is 6.16 Å². The van der Waals surface area contributed by atoms with E-state index in [1.54, 1.807) is 6.07 Å². The van der Waals surface area contributed by atoms with Gasteiger partial charge in [-0.2, -0.15) is 5.26 Å². The largest absolute Gasteiger partial charge is 0.503 e. The lowest BCUT2D eigenvalue weighted by molar-refractivity contribution is 0.137. The van der Waals surface area contributed by atoms with Crippen LogP contribution in [0.3, 0.4) is 0 Å². The molecule has 0 saturated heterocycles. The van der Waals surface area contributed by atoms with E-state index in [2.05, 4.69) is 0 Å². The molecule has 0 aliphatic heterocycles. The lowest BCUT2D eigenvalue weighted by atomic mass is 11.0. The van der Waals surface area contributed by atoms with Crippen LogP contribution in [-0.4, -0.2) is 34.1 Å². The Labute approximate surface area is 64.4 Å². The summed E-state index contributed by atoms with van der Waals surface area (Å²) in [6.07, 6.45) is -1.83. The summed E-state index contributed by atoms with van der Waals surface area (Å²) in [7, 11) is 1.00. The van der Waals surface area contributed by atoms with Crippen molar-refractivity contribution in [3.63, 3.8) is 0 Å². The Bertz CT molecular complexity index is 85.0. The van der Waals surface area contributed by atoms with Crippen molar-refractivity contribution in [3.05, 3.63) is 0 Å². The van der Waals surface area contributed by atoms with Crippen LogP contribution in [0, 0.1) is 11.3 Å². The molecule has 0 unspecified atom stereocenters. The highest BCUT2D eigenvalue weighted by Crippen LogP contribution is 1.42. The van der Waals surface area contributed by atoms with E-state index in [9.17, 15) is 0 Å². The normalized spacial score (nSPS) is 3.45. The fourth-order valence-electron chi connectivity index (χ4n) is 0. The van der Waals surface area contributed by atoms with E-state index in [-0.39, 0.29) is 11.6 Å². The molecule has 0 rings (SSSR count). The van der Waals surface area contributed by atoms with Crippen molar-refractivity contribution in [3.8, 4) is 6.07 Å². The predicted octanol–water partition coefficient (Wildman–Crippen LogP) is -0.302. The molecule has 0 fully saturated rings. The molecule has 70 valence electrons. The van der Waals surface area contributed by atoms with Crippen molar-refractivity contribution < 1.29 is 25.6 Å². The lowest BCUT2D eigenvalue weighted by Crippen LogP contribution is -1.81. The minimum absolute atomic E-state index is 0. The van der Waals surface area contributed by atoms with Crippen molar-refractivity contribution in [1.82, 2.24) is 6.15 Å². The summed E-state index contributed by atoms with van der Waals surface area (Å²) in [4.78, 5) is 8.56. The molecule has 7 nitrogen and oxygen atoms in total. The van der Waals surface area contributed by atoms with E-state index in [1.807, 2.05) is 0 Å². The van der Waals surface area contributed by atoms with E-state index in [0.717, 1.165) is 7.11 Å². The number of hydrogen-bond donors (Lipinski definition) is 4. The Balaban J connectivity index is -0.0000000158. The van der Waals surface area contributed by atoms with Crippen LogP contribution in [0.1, 0.15) is 6.92 Å². The van der Waals surface area contributed by atoms with Gasteiger partial charge >= 0.3 is 6.16 Å². The van der Waals surface area contributed by atoms with Crippen LogP contribution in [-0.2, 0) is 0 Å². The summed E-state index contributed by atoms with van der Waals surface area (Å²) in [6.45, 7) is 1.43. The summed E-state index contributed by atoms with van der Waals surface area (Å²) < 4.78 is 0. The molecule has 11 heavy (non-hydrogen) atoms. The smallest absolute Gasteiger partial charge is 0.450 e. The van der Waals surface area contributed by atoms with Crippen LogP contribution in [0.5, 0.6) is 0 Å². The van der Waals surface area contributed by atoms with Gasteiger partial charge in [0.1, 0.15) is 0 Å². The van der Waals surface area contributed by atoms with Gasteiger partial charge in [-0.1, -0.05) is 0 Å². The fraction of sp³-hybridized carbons (Fsp3) is 0.500. The van der Waals surface area contributed by atoms with Gasteiger partial charge in [-0.25, -0.2) is 4.79 Å². The minimum atomic E-state index is -1.83. The van der Waals surface area contributed by atoms with Crippen LogP contribution >= 0.6 is 0 Å². The first kappa shape index (κ1) is 33.4. The molecule has 0 aromatic rings. The molecular weight excluding hydrogens is 156 g/mol. The van der Waals surface area contributed by atoms with Gasteiger partial charge in [-0.15, -0.1) is 0 Å². The highest BCUT2D eigenvalue weighted by atomic mass is 16.6. The van der Waals surface area contributed by atoms with Gasteiger partial charge in [0.15, 0.2) is 0 Å². The summed E-state index contributed by atoms with van der Waals surface area (Å²) in [6, 6.07) is 1.75. The SMILES string of the molecule is CC#N.CO.N.O.O=C(O)O. The number of carboxylic acid groups (broad SMARTS) is 2. The summed E-state index contributed by atoms with van der Waals surface area (Å²) in [5, 5.41) is 28.3.